The third kappa shape index (κ3) is 6.88. The number of nitro benzene ring substituents is 1. The second kappa shape index (κ2) is 11.3. The predicted octanol–water partition coefficient (Wildman–Crippen LogP) is 4.37. The van der Waals surface area contributed by atoms with E-state index in [-0.39, 0.29) is 23.5 Å². The average molecular weight is 524 g/mol. The molecule has 0 atom stereocenters. The van der Waals surface area contributed by atoms with Crippen LogP contribution in [0.2, 0.25) is 0 Å². The first-order valence-electron chi connectivity index (χ1n) is 12.2. The quantitative estimate of drug-likeness (QED) is 0.330. The standard InChI is InChI=1S/C25H29F4N5O3/c26-18-1-4-21(5-2-18)32-15-13-31(14-16-32)10-9-24(35)33-11-7-19(8-12-33)30-20-3-6-23(34(36)37)22(17-20)25(27,28)29/h1-6,17,19,30H,7-16H2. The van der Waals surface area contributed by atoms with Gasteiger partial charge in [0.2, 0.25) is 5.91 Å². The van der Waals surface area contributed by atoms with Gasteiger partial charge in [-0.05, 0) is 49.2 Å². The topological polar surface area (TPSA) is 82.0 Å². The van der Waals surface area contributed by atoms with Crippen LogP contribution in [0.5, 0.6) is 0 Å². The molecule has 12 heteroatoms. The van der Waals surface area contributed by atoms with E-state index in [4.69, 9.17) is 0 Å². The van der Waals surface area contributed by atoms with Gasteiger partial charge in [0.15, 0.2) is 0 Å². The van der Waals surface area contributed by atoms with E-state index in [9.17, 15) is 32.5 Å². The second-order valence-electron chi connectivity index (χ2n) is 9.34. The Morgan fingerprint density at radius 3 is 2.24 bits per heavy atom. The molecule has 0 bridgehead atoms. The van der Waals surface area contributed by atoms with Gasteiger partial charge in [-0.2, -0.15) is 13.2 Å². The number of carbonyl (C=O) groups excluding carboxylic acids is 1. The first-order chi connectivity index (χ1) is 17.6. The van der Waals surface area contributed by atoms with Crippen molar-refractivity contribution in [3.8, 4) is 0 Å². The van der Waals surface area contributed by atoms with Crippen molar-refractivity contribution in [2.75, 3.05) is 56.0 Å². The summed E-state index contributed by atoms with van der Waals surface area (Å²) in [5.74, 6) is -0.211. The predicted molar refractivity (Wildman–Crippen MR) is 131 cm³/mol. The summed E-state index contributed by atoms with van der Waals surface area (Å²) in [6.45, 7) is 4.86. The van der Waals surface area contributed by atoms with E-state index in [1.54, 1.807) is 17.0 Å². The number of alkyl halides is 3. The number of carbonyl (C=O) groups is 1. The summed E-state index contributed by atoms with van der Waals surface area (Å²) in [7, 11) is 0. The molecule has 0 radical (unpaired) electrons. The number of rotatable bonds is 7. The molecule has 4 rings (SSSR count). The maximum Gasteiger partial charge on any atom is 0.423 e. The minimum atomic E-state index is -4.83. The van der Waals surface area contributed by atoms with Crippen LogP contribution in [-0.2, 0) is 11.0 Å². The van der Waals surface area contributed by atoms with Crippen LogP contribution < -0.4 is 10.2 Å². The maximum absolute atomic E-state index is 13.2. The molecular weight excluding hydrogens is 494 g/mol. The Balaban J connectivity index is 1.20. The van der Waals surface area contributed by atoms with Gasteiger partial charge >= 0.3 is 6.18 Å². The van der Waals surface area contributed by atoms with Gasteiger partial charge < -0.3 is 15.1 Å². The van der Waals surface area contributed by atoms with Crippen LogP contribution >= 0.6 is 0 Å². The highest BCUT2D eigenvalue weighted by Crippen LogP contribution is 2.38. The highest BCUT2D eigenvalue weighted by Gasteiger charge is 2.38. The molecule has 0 aliphatic carbocycles. The highest BCUT2D eigenvalue weighted by molar-refractivity contribution is 5.76. The first kappa shape index (κ1) is 26.6. The molecule has 2 aliphatic rings. The summed E-state index contributed by atoms with van der Waals surface area (Å²) < 4.78 is 52.8. The average Bonchev–Trinajstić information content (AvgIpc) is 2.88. The van der Waals surface area contributed by atoms with Crippen LogP contribution in [0.1, 0.15) is 24.8 Å². The summed E-state index contributed by atoms with van der Waals surface area (Å²) >= 11 is 0. The van der Waals surface area contributed by atoms with Crippen LogP contribution in [0.4, 0.5) is 34.6 Å². The summed E-state index contributed by atoms with van der Waals surface area (Å²) in [5, 5.41) is 14.0. The third-order valence-corrected chi connectivity index (χ3v) is 6.92. The normalized spacial score (nSPS) is 17.6. The molecule has 2 aromatic rings. The maximum atomic E-state index is 13.2. The number of benzene rings is 2. The molecule has 2 aliphatic heterocycles. The number of amides is 1. The van der Waals surface area contributed by atoms with E-state index >= 15 is 0 Å². The number of nitrogens with zero attached hydrogens (tertiary/aromatic N) is 4. The molecule has 8 nitrogen and oxygen atoms in total. The number of halogens is 4. The Morgan fingerprint density at radius 2 is 1.65 bits per heavy atom. The summed E-state index contributed by atoms with van der Waals surface area (Å²) in [6.07, 6.45) is -3.30. The number of hydrogen-bond acceptors (Lipinski definition) is 6. The van der Waals surface area contributed by atoms with Crippen LogP contribution in [0.15, 0.2) is 42.5 Å². The fraction of sp³-hybridized carbons (Fsp3) is 0.480. The molecule has 2 saturated heterocycles. The van der Waals surface area contributed by atoms with E-state index in [2.05, 4.69) is 15.1 Å². The van der Waals surface area contributed by atoms with Crippen molar-refractivity contribution in [3.05, 3.63) is 64.0 Å². The molecule has 2 fully saturated rings. The third-order valence-electron chi connectivity index (χ3n) is 6.92. The minimum absolute atomic E-state index is 0.0501. The molecule has 200 valence electrons. The lowest BCUT2D eigenvalue weighted by molar-refractivity contribution is -0.388. The van der Waals surface area contributed by atoms with Crippen LogP contribution in [0.25, 0.3) is 0 Å². The van der Waals surface area contributed by atoms with Crippen LogP contribution in [-0.4, -0.2) is 72.5 Å². The van der Waals surface area contributed by atoms with Gasteiger partial charge in [-0.3, -0.25) is 19.8 Å². The smallest absolute Gasteiger partial charge is 0.382 e. The minimum Gasteiger partial charge on any atom is -0.382 e. The second-order valence-corrected chi connectivity index (χ2v) is 9.34. The fourth-order valence-corrected chi connectivity index (χ4v) is 4.81. The molecule has 0 unspecified atom stereocenters. The van der Waals surface area contributed by atoms with E-state index in [1.165, 1.54) is 18.2 Å². The van der Waals surface area contributed by atoms with Crippen molar-refractivity contribution in [2.45, 2.75) is 31.5 Å². The number of likely N-dealkylation sites (tertiary alicyclic amines) is 1. The summed E-state index contributed by atoms with van der Waals surface area (Å²) in [4.78, 5) is 28.8. The first-order valence-corrected chi connectivity index (χ1v) is 12.2. The SMILES string of the molecule is O=C(CCN1CCN(c2ccc(F)cc2)CC1)N1CCC(Nc2ccc([N+](=O)[O-])c(C(F)(F)F)c2)CC1. The Labute approximate surface area is 212 Å². The van der Waals surface area contributed by atoms with Gasteiger partial charge in [0.05, 0.1) is 4.92 Å². The summed E-state index contributed by atoms with van der Waals surface area (Å²) in [6, 6.07) is 9.21. The number of piperidine rings is 1. The number of hydrogen-bond donors (Lipinski definition) is 1. The molecular formula is C25H29F4N5O3. The molecule has 2 aromatic carbocycles. The Hall–Kier alpha value is -3.41. The van der Waals surface area contributed by atoms with Gasteiger partial charge in [0.1, 0.15) is 11.4 Å². The Kier molecular flexibility index (Phi) is 8.16. The lowest BCUT2D eigenvalue weighted by atomic mass is 10.0. The van der Waals surface area contributed by atoms with E-state index in [0.717, 1.165) is 44.0 Å². The number of anilines is 2. The lowest BCUT2D eigenvalue weighted by Gasteiger charge is -2.37. The van der Waals surface area contributed by atoms with Crippen molar-refractivity contribution >= 4 is 23.0 Å². The zero-order valence-corrected chi connectivity index (χ0v) is 20.2. The van der Waals surface area contributed by atoms with E-state index < -0.39 is 22.4 Å². The van der Waals surface area contributed by atoms with Crippen molar-refractivity contribution in [1.82, 2.24) is 9.80 Å². The largest absolute Gasteiger partial charge is 0.423 e. The van der Waals surface area contributed by atoms with Crippen molar-refractivity contribution in [3.63, 3.8) is 0 Å². The van der Waals surface area contributed by atoms with Crippen molar-refractivity contribution in [2.24, 2.45) is 0 Å². The molecule has 37 heavy (non-hydrogen) atoms. The molecule has 2 heterocycles. The van der Waals surface area contributed by atoms with Gasteiger partial charge in [0, 0.05) is 75.7 Å². The van der Waals surface area contributed by atoms with Crippen LogP contribution in [0, 0.1) is 15.9 Å². The monoisotopic (exact) mass is 523 g/mol. The molecule has 0 aromatic heterocycles. The summed E-state index contributed by atoms with van der Waals surface area (Å²) in [5.41, 5.74) is -1.11. The molecule has 0 spiro atoms. The number of nitrogens with one attached hydrogen (secondary N) is 1. The van der Waals surface area contributed by atoms with Gasteiger partial charge in [-0.1, -0.05) is 0 Å². The van der Waals surface area contributed by atoms with Gasteiger partial charge in [-0.25, -0.2) is 4.39 Å². The lowest BCUT2D eigenvalue weighted by Crippen LogP contribution is -2.48. The fourth-order valence-electron chi connectivity index (χ4n) is 4.81. The van der Waals surface area contributed by atoms with E-state index in [1.807, 2.05) is 0 Å². The Bertz CT molecular complexity index is 1100. The molecule has 1 N–H and O–H groups in total. The van der Waals surface area contributed by atoms with Crippen molar-refractivity contribution in [1.29, 1.82) is 0 Å². The zero-order valence-electron chi connectivity index (χ0n) is 20.2. The Morgan fingerprint density at radius 1 is 1.00 bits per heavy atom. The number of piperazine rings is 1. The van der Waals surface area contributed by atoms with Gasteiger partial charge in [0.25, 0.3) is 5.69 Å². The molecule has 0 saturated carbocycles. The highest BCUT2D eigenvalue weighted by atomic mass is 19.4. The molecule has 1 amide bonds. The van der Waals surface area contributed by atoms with Gasteiger partial charge in [-0.15, -0.1) is 0 Å². The van der Waals surface area contributed by atoms with Crippen molar-refractivity contribution < 1.29 is 27.3 Å². The van der Waals surface area contributed by atoms with E-state index in [0.29, 0.717) is 38.9 Å². The number of nitro groups is 1. The van der Waals surface area contributed by atoms with Crippen LogP contribution in [0.3, 0.4) is 0 Å². The zero-order chi connectivity index (χ0) is 26.6.